The first-order chi connectivity index (χ1) is 28.1. The van der Waals surface area contributed by atoms with Gasteiger partial charge in [0.25, 0.3) is 0 Å². The van der Waals surface area contributed by atoms with Crippen molar-refractivity contribution in [1.82, 2.24) is 9.97 Å². The Labute approximate surface area is 333 Å². The third kappa shape index (κ3) is 5.34. The van der Waals surface area contributed by atoms with E-state index in [4.69, 9.17) is 14.7 Å². The van der Waals surface area contributed by atoms with E-state index in [1.54, 1.807) is 0 Å². The first-order valence-corrected chi connectivity index (χ1v) is 19.8. The molecule has 3 heteroatoms. The van der Waals surface area contributed by atoms with Crippen LogP contribution in [-0.4, -0.2) is 9.97 Å². The summed E-state index contributed by atoms with van der Waals surface area (Å²) in [4.78, 5) is 10.6. The van der Waals surface area contributed by atoms with Crippen molar-refractivity contribution in [3.8, 4) is 67.7 Å². The second-order valence-corrected chi connectivity index (χ2v) is 15.3. The molecule has 0 amide bonds. The van der Waals surface area contributed by atoms with Gasteiger partial charge in [0.05, 0.1) is 16.8 Å². The van der Waals surface area contributed by atoms with Crippen molar-refractivity contribution in [2.24, 2.45) is 5.92 Å². The van der Waals surface area contributed by atoms with E-state index in [0.717, 1.165) is 62.7 Å². The quantitative estimate of drug-likeness (QED) is 0.177. The Morgan fingerprint density at radius 3 is 1.81 bits per heavy atom. The standard InChI is InChI=1S/C54H38N2O/c1-35-15-5-6-22-42(35)38-19-14-21-41(32-38)53-55-49(39-20-13-18-37(31-39)36-16-3-2-4-17-36)34-50(56-53)40-29-30-48-52(33-40)57-51-28-12-11-27-47(51)54(48)45-25-9-7-23-43(45)44-24-8-10-26-46(44)54/h2-14,16-35H,15H2,1H3. The van der Waals surface area contributed by atoms with Crippen LogP contribution >= 0.6 is 0 Å². The number of nitrogens with zero attached hydrogens (tertiary/aromatic N) is 2. The maximum Gasteiger partial charge on any atom is 0.160 e. The lowest BCUT2D eigenvalue weighted by atomic mass is 9.66. The molecule has 270 valence electrons. The minimum atomic E-state index is -0.518. The smallest absolute Gasteiger partial charge is 0.160 e. The number of hydrogen-bond donors (Lipinski definition) is 0. The largest absolute Gasteiger partial charge is 0.457 e. The number of ether oxygens (including phenoxy) is 1. The topological polar surface area (TPSA) is 35.0 Å². The summed E-state index contributed by atoms with van der Waals surface area (Å²) in [6, 6.07) is 62.9. The van der Waals surface area contributed by atoms with Crippen LogP contribution < -0.4 is 4.74 Å². The number of fused-ring (bicyclic) bond motifs is 9. The second kappa shape index (κ2) is 13.3. The number of para-hydroxylation sites is 1. The van der Waals surface area contributed by atoms with Gasteiger partial charge in [-0.3, -0.25) is 0 Å². The summed E-state index contributed by atoms with van der Waals surface area (Å²) in [6.07, 6.45) is 7.69. The van der Waals surface area contributed by atoms with Gasteiger partial charge in [-0.2, -0.15) is 0 Å². The van der Waals surface area contributed by atoms with E-state index < -0.39 is 5.41 Å². The molecule has 11 rings (SSSR count). The molecule has 0 N–H and O–H groups in total. The molecule has 3 nitrogen and oxygen atoms in total. The van der Waals surface area contributed by atoms with Gasteiger partial charge in [-0.25, -0.2) is 9.97 Å². The zero-order valence-corrected chi connectivity index (χ0v) is 31.6. The highest BCUT2D eigenvalue weighted by Crippen LogP contribution is 2.62. The lowest BCUT2D eigenvalue weighted by Crippen LogP contribution is -2.32. The van der Waals surface area contributed by atoms with Crippen molar-refractivity contribution in [2.45, 2.75) is 18.8 Å². The van der Waals surface area contributed by atoms with E-state index in [0.29, 0.717) is 11.7 Å². The number of allylic oxidation sites excluding steroid dienone is 4. The van der Waals surface area contributed by atoms with E-state index in [1.165, 1.54) is 39.0 Å². The fraction of sp³-hybridized carbons (Fsp3) is 0.0741. The van der Waals surface area contributed by atoms with Gasteiger partial charge in [0, 0.05) is 27.8 Å². The highest BCUT2D eigenvalue weighted by molar-refractivity contribution is 5.89. The van der Waals surface area contributed by atoms with E-state index in [1.807, 2.05) is 0 Å². The van der Waals surface area contributed by atoms with Crippen LogP contribution in [0.1, 0.15) is 41.2 Å². The summed E-state index contributed by atoms with van der Waals surface area (Å²) < 4.78 is 6.89. The van der Waals surface area contributed by atoms with Crippen LogP contribution in [0.15, 0.2) is 194 Å². The van der Waals surface area contributed by atoms with Crippen molar-refractivity contribution in [2.75, 3.05) is 0 Å². The monoisotopic (exact) mass is 730 g/mol. The molecule has 0 saturated heterocycles. The Balaban J connectivity index is 1.10. The number of benzene rings is 7. The Bertz CT molecular complexity index is 2890. The Hall–Kier alpha value is -7.10. The lowest BCUT2D eigenvalue weighted by Gasteiger charge is -2.39. The summed E-state index contributed by atoms with van der Waals surface area (Å²) in [7, 11) is 0. The molecule has 0 fully saturated rings. The Morgan fingerprint density at radius 2 is 1.05 bits per heavy atom. The highest BCUT2D eigenvalue weighted by Gasteiger charge is 2.50. The molecule has 0 radical (unpaired) electrons. The SMILES string of the molecule is CC1CC=CC=C1c1cccc(-c2nc(-c3cccc(-c4ccccc4)c3)cc(-c3ccc4c(c3)Oc3ccccc3C43c4ccccc4-c4ccccc43)n2)c1. The molecule has 0 bridgehead atoms. The van der Waals surface area contributed by atoms with Gasteiger partial charge in [-0.05, 0) is 87.2 Å². The zero-order valence-electron chi connectivity index (χ0n) is 31.6. The minimum absolute atomic E-state index is 0.441. The molecule has 1 unspecified atom stereocenters. The second-order valence-electron chi connectivity index (χ2n) is 15.3. The minimum Gasteiger partial charge on any atom is -0.457 e. The van der Waals surface area contributed by atoms with Gasteiger partial charge in [-0.15, -0.1) is 0 Å². The van der Waals surface area contributed by atoms with Gasteiger partial charge in [-0.1, -0.05) is 171 Å². The molecule has 2 heterocycles. The van der Waals surface area contributed by atoms with Crippen molar-refractivity contribution >= 4 is 5.57 Å². The molecule has 0 saturated carbocycles. The van der Waals surface area contributed by atoms with Crippen LogP contribution in [0.25, 0.3) is 61.7 Å². The first kappa shape index (κ1) is 33.3. The molecule has 1 spiro atoms. The van der Waals surface area contributed by atoms with E-state index in [-0.39, 0.29) is 0 Å². The normalized spacial score (nSPS) is 15.5. The average Bonchev–Trinajstić information content (AvgIpc) is 3.57. The third-order valence-corrected chi connectivity index (χ3v) is 12.0. The summed E-state index contributed by atoms with van der Waals surface area (Å²) in [5.74, 6) is 2.83. The first-order valence-electron chi connectivity index (χ1n) is 19.8. The number of rotatable bonds is 5. The molecule has 57 heavy (non-hydrogen) atoms. The molecule has 2 aliphatic carbocycles. The van der Waals surface area contributed by atoms with Crippen LogP contribution in [0, 0.1) is 5.92 Å². The van der Waals surface area contributed by atoms with Crippen molar-refractivity contribution < 1.29 is 4.74 Å². The van der Waals surface area contributed by atoms with Gasteiger partial charge in [0.2, 0.25) is 0 Å². The molecule has 1 aliphatic heterocycles. The Morgan fingerprint density at radius 1 is 0.474 bits per heavy atom. The highest BCUT2D eigenvalue weighted by atomic mass is 16.5. The number of hydrogen-bond acceptors (Lipinski definition) is 3. The van der Waals surface area contributed by atoms with Gasteiger partial charge in [0.15, 0.2) is 5.82 Å². The van der Waals surface area contributed by atoms with Crippen molar-refractivity contribution in [3.63, 3.8) is 0 Å². The van der Waals surface area contributed by atoms with Gasteiger partial charge < -0.3 is 4.74 Å². The van der Waals surface area contributed by atoms with E-state index in [9.17, 15) is 0 Å². The molecule has 3 aliphatic rings. The van der Waals surface area contributed by atoms with Crippen LogP contribution in [0.3, 0.4) is 0 Å². The lowest BCUT2D eigenvalue weighted by molar-refractivity contribution is 0.436. The fourth-order valence-corrected chi connectivity index (χ4v) is 9.35. The summed E-state index contributed by atoms with van der Waals surface area (Å²) in [5, 5.41) is 0. The predicted octanol–water partition coefficient (Wildman–Crippen LogP) is 13.6. The van der Waals surface area contributed by atoms with Crippen LogP contribution in [-0.2, 0) is 5.41 Å². The molecular weight excluding hydrogens is 693 g/mol. The maximum atomic E-state index is 6.89. The maximum absolute atomic E-state index is 6.89. The van der Waals surface area contributed by atoms with Crippen molar-refractivity contribution in [3.05, 3.63) is 222 Å². The van der Waals surface area contributed by atoms with Crippen molar-refractivity contribution in [1.29, 1.82) is 0 Å². The molecular formula is C54H38N2O. The molecule has 1 aromatic heterocycles. The summed E-state index contributed by atoms with van der Waals surface area (Å²) in [5.41, 5.74) is 16.4. The third-order valence-electron chi connectivity index (χ3n) is 12.0. The average molecular weight is 731 g/mol. The molecule has 7 aromatic carbocycles. The number of aromatic nitrogens is 2. The van der Waals surface area contributed by atoms with E-state index in [2.05, 4.69) is 201 Å². The van der Waals surface area contributed by atoms with E-state index >= 15 is 0 Å². The predicted molar refractivity (Wildman–Crippen MR) is 232 cm³/mol. The summed E-state index contributed by atoms with van der Waals surface area (Å²) in [6.45, 7) is 2.29. The zero-order chi connectivity index (χ0) is 37.9. The van der Waals surface area contributed by atoms with Gasteiger partial charge in [0.1, 0.15) is 11.5 Å². The Kier molecular flexibility index (Phi) is 7.75. The molecule has 1 atom stereocenters. The van der Waals surface area contributed by atoms with Crippen LogP contribution in [0.2, 0.25) is 0 Å². The fourth-order valence-electron chi connectivity index (χ4n) is 9.35. The summed E-state index contributed by atoms with van der Waals surface area (Å²) >= 11 is 0. The van der Waals surface area contributed by atoms with Crippen LogP contribution in [0.4, 0.5) is 0 Å². The van der Waals surface area contributed by atoms with Crippen LogP contribution in [0.5, 0.6) is 11.5 Å². The molecule has 8 aromatic rings. The van der Waals surface area contributed by atoms with Gasteiger partial charge >= 0.3 is 0 Å².